The molecule has 0 spiro atoms. The quantitative estimate of drug-likeness (QED) is 0.0262. The summed E-state index contributed by atoms with van der Waals surface area (Å²) < 4.78 is 16.8. The number of hydrogen-bond donors (Lipinski definition) is 0. The van der Waals surface area contributed by atoms with Gasteiger partial charge in [0, 0.05) is 19.3 Å². The molecule has 64 heavy (non-hydrogen) atoms. The molecule has 0 saturated carbocycles. The van der Waals surface area contributed by atoms with Crippen LogP contribution in [0.15, 0.2) is 60.8 Å². The molecule has 0 aromatic rings. The van der Waals surface area contributed by atoms with Gasteiger partial charge < -0.3 is 14.2 Å². The number of esters is 3. The first kappa shape index (κ1) is 61.1. The topological polar surface area (TPSA) is 78.9 Å². The van der Waals surface area contributed by atoms with Gasteiger partial charge in [0.05, 0.1) is 0 Å². The summed E-state index contributed by atoms with van der Waals surface area (Å²) in [5.41, 5.74) is 0. The van der Waals surface area contributed by atoms with Gasteiger partial charge in [-0.05, 0) is 83.5 Å². The molecule has 6 heteroatoms. The number of unbranched alkanes of at least 4 members (excludes halogenated alkanes) is 28. The van der Waals surface area contributed by atoms with Crippen LogP contribution in [0.25, 0.3) is 0 Å². The number of hydrogen-bond acceptors (Lipinski definition) is 6. The molecular formula is C58H102O6. The summed E-state index contributed by atoms with van der Waals surface area (Å²) >= 11 is 0. The third-order valence-electron chi connectivity index (χ3n) is 11.8. The number of rotatable bonds is 49. The third kappa shape index (κ3) is 50.1. The Balaban J connectivity index is 4.32. The fraction of sp³-hybridized carbons (Fsp3) is 0.776. The van der Waals surface area contributed by atoms with Crippen molar-refractivity contribution in [1.29, 1.82) is 0 Å². The first-order valence-corrected chi connectivity index (χ1v) is 27.3. The van der Waals surface area contributed by atoms with E-state index in [0.29, 0.717) is 19.3 Å². The van der Waals surface area contributed by atoms with E-state index < -0.39 is 6.10 Å². The number of ether oxygens (including phenoxy) is 3. The van der Waals surface area contributed by atoms with E-state index in [2.05, 4.69) is 81.5 Å². The number of allylic oxidation sites excluding steroid dienone is 10. The Bertz CT molecular complexity index is 1170. The highest BCUT2D eigenvalue weighted by molar-refractivity contribution is 5.71. The Morgan fingerprint density at radius 2 is 0.609 bits per heavy atom. The van der Waals surface area contributed by atoms with E-state index in [-0.39, 0.29) is 31.1 Å². The molecule has 0 saturated heterocycles. The van der Waals surface area contributed by atoms with E-state index >= 15 is 0 Å². The minimum atomic E-state index is -0.779. The molecule has 1 atom stereocenters. The summed E-state index contributed by atoms with van der Waals surface area (Å²) in [7, 11) is 0. The highest BCUT2D eigenvalue weighted by Crippen LogP contribution is 2.15. The Morgan fingerprint density at radius 1 is 0.328 bits per heavy atom. The van der Waals surface area contributed by atoms with Crippen LogP contribution in [-0.2, 0) is 28.6 Å². The van der Waals surface area contributed by atoms with E-state index in [9.17, 15) is 14.4 Å². The second-order valence-electron chi connectivity index (χ2n) is 18.1. The van der Waals surface area contributed by atoms with Gasteiger partial charge in [-0.2, -0.15) is 0 Å². The lowest BCUT2D eigenvalue weighted by Gasteiger charge is -2.18. The molecule has 0 aliphatic carbocycles. The van der Waals surface area contributed by atoms with Crippen molar-refractivity contribution < 1.29 is 28.6 Å². The van der Waals surface area contributed by atoms with Gasteiger partial charge in [-0.15, -0.1) is 0 Å². The van der Waals surface area contributed by atoms with Crippen LogP contribution >= 0.6 is 0 Å². The van der Waals surface area contributed by atoms with Crippen LogP contribution in [0.3, 0.4) is 0 Å². The summed E-state index contributed by atoms with van der Waals surface area (Å²) in [5.74, 6) is -0.893. The van der Waals surface area contributed by atoms with Crippen molar-refractivity contribution in [2.24, 2.45) is 0 Å². The highest BCUT2D eigenvalue weighted by atomic mass is 16.6. The molecule has 0 N–H and O–H groups in total. The summed E-state index contributed by atoms with van der Waals surface area (Å²) in [4.78, 5) is 38.0. The monoisotopic (exact) mass is 895 g/mol. The molecule has 0 heterocycles. The zero-order valence-corrected chi connectivity index (χ0v) is 42.3. The highest BCUT2D eigenvalue weighted by Gasteiger charge is 2.19. The van der Waals surface area contributed by atoms with Crippen LogP contribution in [0.5, 0.6) is 0 Å². The standard InChI is InChI=1S/C58H102O6/c1-4-7-10-13-16-19-21-23-25-27-29-31-32-34-36-39-42-45-48-51-57(60)63-54-55(53-62-56(59)50-47-44-41-38-18-15-12-9-6-3)64-58(61)52-49-46-43-40-37-35-33-30-28-26-24-22-20-17-14-11-8-5-2/h7,10,16,19,23,25-26,28-29,31,55H,4-6,8-9,11-15,17-18,20-22,24,27,30,32-54H2,1-3H3/b10-7-,19-16-,25-23-,28-26-,31-29-. The van der Waals surface area contributed by atoms with E-state index in [4.69, 9.17) is 14.2 Å². The van der Waals surface area contributed by atoms with Crippen LogP contribution in [0, 0.1) is 0 Å². The lowest BCUT2D eigenvalue weighted by molar-refractivity contribution is -0.167. The summed E-state index contributed by atoms with van der Waals surface area (Å²) in [6, 6.07) is 0. The van der Waals surface area contributed by atoms with Crippen molar-refractivity contribution in [2.75, 3.05) is 13.2 Å². The molecule has 370 valence electrons. The lowest BCUT2D eigenvalue weighted by Crippen LogP contribution is -2.30. The Labute approximate surface area is 396 Å². The predicted octanol–water partition coefficient (Wildman–Crippen LogP) is 18.0. The smallest absolute Gasteiger partial charge is 0.306 e. The molecule has 0 aliphatic rings. The van der Waals surface area contributed by atoms with Gasteiger partial charge in [-0.1, -0.05) is 229 Å². The van der Waals surface area contributed by atoms with Gasteiger partial charge in [-0.3, -0.25) is 14.4 Å². The van der Waals surface area contributed by atoms with Gasteiger partial charge in [0.1, 0.15) is 13.2 Å². The number of carbonyl (C=O) groups excluding carboxylic acids is 3. The van der Waals surface area contributed by atoms with Crippen molar-refractivity contribution in [3.8, 4) is 0 Å². The van der Waals surface area contributed by atoms with Crippen molar-refractivity contribution in [3.63, 3.8) is 0 Å². The van der Waals surface area contributed by atoms with Crippen molar-refractivity contribution in [2.45, 2.75) is 277 Å². The largest absolute Gasteiger partial charge is 0.462 e. The van der Waals surface area contributed by atoms with Crippen molar-refractivity contribution in [3.05, 3.63) is 60.8 Å². The minimum absolute atomic E-state index is 0.0789. The second kappa shape index (κ2) is 52.7. The van der Waals surface area contributed by atoms with Gasteiger partial charge in [0.15, 0.2) is 6.10 Å². The van der Waals surface area contributed by atoms with Gasteiger partial charge in [-0.25, -0.2) is 0 Å². The molecule has 1 unspecified atom stereocenters. The van der Waals surface area contributed by atoms with Gasteiger partial charge in [0.2, 0.25) is 0 Å². The van der Waals surface area contributed by atoms with E-state index in [1.165, 1.54) is 141 Å². The van der Waals surface area contributed by atoms with Gasteiger partial charge in [0.25, 0.3) is 0 Å². The average Bonchev–Trinajstić information content (AvgIpc) is 3.29. The third-order valence-corrected chi connectivity index (χ3v) is 11.8. The maximum Gasteiger partial charge on any atom is 0.306 e. The summed E-state index contributed by atoms with van der Waals surface area (Å²) in [6.45, 7) is 6.50. The Kier molecular flexibility index (Phi) is 50.4. The fourth-order valence-electron chi connectivity index (χ4n) is 7.66. The molecule has 0 rings (SSSR count). The van der Waals surface area contributed by atoms with Crippen molar-refractivity contribution >= 4 is 17.9 Å². The predicted molar refractivity (Wildman–Crippen MR) is 275 cm³/mol. The molecular weight excluding hydrogens is 793 g/mol. The first-order valence-electron chi connectivity index (χ1n) is 27.3. The van der Waals surface area contributed by atoms with E-state index in [1.54, 1.807) is 0 Å². The summed E-state index contributed by atoms with van der Waals surface area (Å²) in [5, 5.41) is 0. The van der Waals surface area contributed by atoms with Crippen LogP contribution in [0.2, 0.25) is 0 Å². The minimum Gasteiger partial charge on any atom is -0.462 e. The molecule has 0 radical (unpaired) electrons. The van der Waals surface area contributed by atoms with Crippen LogP contribution < -0.4 is 0 Å². The summed E-state index contributed by atoms with van der Waals surface area (Å²) in [6.07, 6.45) is 65.0. The molecule has 0 amide bonds. The van der Waals surface area contributed by atoms with Crippen molar-refractivity contribution in [1.82, 2.24) is 0 Å². The zero-order chi connectivity index (χ0) is 46.5. The zero-order valence-electron chi connectivity index (χ0n) is 42.3. The van der Waals surface area contributed by atoms with Crippen LogP contribution in [0.4, 0.5) is 0 Å². The normalized spacial score (nSPS) is 12.5. The lowest BCUT2D eigenvalue weighted by atomic mass is 10.1. The fourth-order valence-corrected chi connectivity index (χ4v) is 7.66. The molecule has 0 aromatic carbocycles. The molecule has 0 fully saturated rings. The van der Waals surface area contributed by atoms with E-state index in [0.717, 1.165) is 89.9 Å². The van der Waals surface area contributed by atoms with E-state index in [1.807, 2.05) is 0 Å². The van der Waals surface area contributed by atoms with Gasteiger partial charge >= 0.3 is 17.9 Å². The average molecular weight is 895 g/mol. The Morgan fingerprint density at radius 3 is 0.969 bits per heavy atom. The SMILES string of the molecule is CC/C=C\C/C=C\C/C=C\C/C=C\CCCCCCCCC(=O)OCC(COC(=O)CCCCCCCCCCC)OC(=O)CCCCCCCCC/C=C\CCCCCCCCC. The Hall–Kier alpha value is -2.89. The van der Waals surface area contributed by atoms with Crippen LogP contribution in [-0.4, -0.2) is 37.2 Å². The second-order valence-corrected chi connectivity index (χ2v) is 18.1. The maximum atomic E-state index is 12.8. The van der Waals surface area contributed by atoms with Crippen LogP contribution in [0.1, 0.15) is 271 Å². The molecule has 0 aliphatic heterocycles. The molecule has 0 aromatic heterocycles. The molecule has 0 bridgehead atoms. The first-order chi connectivity index (χ1) is 31.5. The number of carbonyl (C=O) groups is 3. The maximum absolute atomic E-state index is 12.8. The molecule has 6 nitrogen and oxygen atoms in total.